The number of nitrogens with zero attached hydrogens (tertiary/aromatic N) is 1. The van der Waals surface area contributed by atoms with Crippen LogP contribution in [0.3, 0.4) is 0 Å². The van der Waals surface area contributed by atoms with Crippen molar-refractivity contribution in [2.75, 3.05) is 31.5 Å². The molecule has 0 radical (unpaired) electrons. The zero-order chi connectivity index (χ0) is 25.0. The Hall–Kier alpha value is -3.84. The first kappa shape index (κ1) is 25.3. The number of ether oxygens (including phenoxy) is 1. The van der Waals surface area contributed by atoms with E-state index in [1.165, 1.54) is 12.8 Å². The molecule has 0 spiro atoms. The molecule has 7 nitrogen and oxygen atoms in total. The van der Waals surface area contributed by atoms with Crippen molar-refractivity contribution in [2.24, 2.45) is 0 Å². The molecule has 1 aliphatic heterocycles. The number of carbonyl (C=O) groups is 2. The number of urea groups is 1. The van der Waals surface area contributed by atoms with E-state index in [0.29, 0.717) is 30.2 Å². The number of hydrogen-bond donors (Lipinski definition) is 3. The third kappa shape index (κ3) is 7.85. The summed E-state index contributed by atoms with van der Waals surface area (Å²) in [4.78, 5) is 28.4. The number of rotatable bonds is 11. The Morgan fingerprint density at radius 2 is 1.53 bits per heavy atom. The van der Waals surface area contributed by atoms with Gasteiger partial charge in [0.2, 0.25) is 5.91 Å². The summed E-state index contributed by atoms with van der Waals surface area (Å²) in [6, 6.07) is 25.1. The topological polar surface area (TPSA) is 82.7 Å². The lowest BCUT2D eigenvalue weighted by molar-refractivity contribution is -0.122. The van der Waals surface area contributed by atoms with Crippen LogP contribution in [0.2, 0.25) is 0 Å². The quantitative estimate of drug-likeness (QED) is 0.340. The Bertz CT molecular complexity index is 1100. The minimum atomic E-state index is -0.707. The molecule has 0 aromatic heterocycles. The van der Waals surface area contributed by atoms with E-state index < -0.39 is 12.1 Å². The smallest absolute Gasteiger partial charge is 0.320 e. The summed E-state index contributed by atoms with van der Waals surface area (Å²) >= 11 is 0. The van der Waals surface area contributed by atoms with Crippen molar-refractivity contribution in [1.82, 2.24) is 15.5 Å². The molecule has 1 saturated heterocycles. The highest BCUT2D eigenvalue weighted by molar-refractivity contribution is 5.94. The summed E-state index contributed by atoms with van der Waals surface area (Å²) in [5, 5.41) is 8.71. The first-order chi connectivity index (χ1) is 17.7. The highest BCUT2D eigenvalue weighted by Gasteiger charge is 2.22. The lowest BCUT2D eigenvalue weighted by Gasteiger charge is -2.20. The van der Waals surface area contributed by atoms with E-state index in [4.69, 9.17) is 4.74 Å². The van der Waals surface area contributed by atoms with E-state index in [2.05, 4.69) is 20.9 Å². The van der Waals surface area contributed by atoms with Crippen LogP contribution in [-0.4, -0.2) is 49.1 Å². The van der Waals surface area contributed by atoms with E-state index in [0.717, 1.165) is 31.6 Å². The van der Waals surface area contributed by atoms with Gasteiger partial charge in [-0.15, -0.1) is 0 Å². The molecule has 1 heterocycles. The molecule has 0 bridgehead atoms. The van der Waals surface area contributed by atoms with Crippen molar-refractivity contribution in [3.63, 3.8) is 0 Å². The maximum atomic E-state index is 13.0. The van der Waals surface area contributed by atoms with Gasteiger partial charge in [0.15, 0.2) is 5.75 Å². The van der Waals surface area contributed by atoms with Crippen LogP contribution in [-0.2, 0) is 11.2 Å². The molecule has 188 valence electrons. The van der Waals surface area contributed by atoms with Crippen LogP contribution in [0.5, 0.6) is 11.5 Å². The van der Waals surface area contributed by atoms with E-state index in [-0.39, 0.29) is 5.91 Å². The Morgan fingerprint density at radius 3 is 2.28 bits per heavy atom. The van der Waals surface area contributed by atoms with Gasteiger partial charge in [-0.1, -0.05) is 60.7 Å². The van der Waals surface area contributed by atoms with Crippen molar-refractivity contribution in [1.29, 1.82) is 0 Å². The van der Waals surface area contributed by atoms with Crippen LogP contribution >= 0.6 is 0 Å². The van der Waals surface area contributed by atoms with Gasteiger partial charge in [-0.05, 0) is 68.7 Å². The van der Waals surface area contributed by atoms with Crippen LogP contribution in [0.4, 0.5) is 10.5 Å². The average molecular weight is 487 g/mol. The third-order valence-corrected chi connectivity index (χ3v) is 6.16. The standard InChI is InChI=1S/C29H34N4O3/c34-28(30-18-11-21-33-19-9-10-20-33)26(22-23-12-3-1-4-13-23)32-29(35)31-25-16-7-8-17-27(25)36-24-14-5-2-6-15-24/h1-8,12-17,26H,9-11,18-22H2,(H,30,34)(H2,31,32,35)/t26-/m0/s1. The number of anilines is 1. The number of carbonyl (C=O) groups excluding carboxylic acids is 2. The molecule has 3 aromatic rings. The minimum Gasteiger partial charge on any atom is -0.455 e. The van der Waals surface area contributed by atoms with Gasteiger partial charge >= 0.3 is 6.03 Å². The normalized spacial score (nSPS) is 14.1. The molecule has 3 amide bonds. The molecule has 7 heteroatoms. The second-order valence-electron chi connectivity index (χ2n) is 8.95. The summed E-state index contributed by atoms with van der Waals surface area (Å²) in [7, 11) is 0. The Morgan fingerprint density at radius 1 is 0.861 bits per heavy atom. The highest BCUT2D eigenvalue weighted by atomic mass is 16.5. The van der Waals surface area contributed by atoms with Gasteiger partial charge < -0.3 is 25.6 Å². The predicted molar refractivity (Wildman–Crippen MR) is 142 cm³/mol. The summed E-state index contributed by atoms with van der Waals surface area (Å²) in [6.07, 6.45) is 3.79. The number of nitrogens with one attached hydrogen (secondary N) is 3. The second-order valence-corrected chi connectivity index (χ2v) is 8.95. The highest BCUT2D eigenvalue weighted by Crippen LogP contribution is 2.29. The molecule has 4 rings (SSSR count). The summed E-state index contributed by atoms with van der Waals surface area (Å²) in [5.74, 6) is 0.997. The fourth-order valence-corrected chi connectivity index (χ4v) is 4.29. The molecule has 0 unspecified atom stereocenters. The molecule has 1 atom stereocenters. The lowest BCUT2D eigenvalue weighted by Crippen LogP contribution is -2.49. The zero-order valence-electron chi connectivity index (χ0n) is 20.5. The third-order valence-electron chi connectivity index (χ3n) is 6.16. The van der Waals surface area contributed by atoms with Gasteiger partial charge in [0, 0.05) is 13.0 Å². The van der Waals surface area contributed by atoms with Crippen LogP contribution < -0.4 is 20.7 Å². The monoisotopic (exact) mass is 486 g/mol. The Kier molecular flexibility index (Phi) is 9.33. The number of likely N-dealkylation sites (tertiary alicyclic amines) is 1. The Balaban J connectivity index is 1.36. The van der Waals surface area contributed by atoms with E-state index in [1.807, 2.05) is 72.8 Å². The van der Waals surface area contributed by atoms with Gasteiger partial charge in [0.25, 0.3) is 0 Å². The second kappa shape index (κ2) is 13.3. The molecule has 3 N–H and O–H groups in total. The van der Waals surface area contributed by atoms with E-state index in [1.54, 1.807) is 12.1 Å². The summed E-state index contributed by atoms with van der Waals surface area (Å²) in [6.45, 7) is 3.84. The van der Waals surface area contributed by atoms with E-state index >= 15 is 0 Å². The molecular weight excluding hydrogens is 452 g/mol. The molecule has 3 aromatic carbocycles. The molecule has 36 heavy (non-hydrogen) atoms. The van der Waals surface area contributed by atoms with Crippen molar-refractivity contribution in [3.05, 3.63) is 90.5 Å². The van der Waals surface area contributed by atoms with Crippen LogP contribution in [0.1, 0.15) is 24.8 Å². The molecule has 0 aliphatic carbocycles. The SMILES string of the molecule is O=C(Nc1ccccc1Oc1ccccc1)N[C@@H](Cc1ccccc1)C(=O)NCCCN1CCCC1. The van der Waals surface area contributed by atoms with Crippen LogP contribution in [0, 0.1) is 0 Å². The van der Waals surface area contributed by atoms with Crippen molar-refractivity contribution in [3.8, 4) is 11.5 Å². The average Bonchev–Trinajstić information content (AvgIpc) is 3.42. The maximum absolute atomic E-state index is 13.0. The lowest BCUT2D eigenvalue weighted by atomic mass is 10.1. The largest absolute Gasteiger partial charge is 0.455 e. The first-order valence-corrected chi connectivity index (χ1v) is 12.6. The number of para-hydroxylation sites is 3. The predicted octanol–water partition coefficient (Wildman–Crippen LogP) is 4.81. The van der Waals surface area contributed by atoms with Gasteiger partial charge in [-0.25, -0.2) is 4.79 Å². The molecule has 1 fully saturated rings. The van der Waals surface area contributed by atoms with Crippen molar-refractivity contribution >= 4 is 17.6 Å². The van der Waals surface area contributed by atoms with Gasteiger partial charge in [0.05, 0.1) is 5.69 Å². The molecule has 1 aliphatic rings. The van der Waals surface area contributed by atoms with Crippen molar-refractivity contribution < 1.29 is 14.3 Å². The number of benzene rings is 3. The zero-order valence-corrected chi connectivity index (χ0v) is 20.5. The van der Waals surface area contributed by atoms with Gasteiger partial charge in [-0.2, -0.15) is 0 Å². The van der Waals surface area contributed by atoms with Crippen LogP contribution in [0.15, 0.2) is 84.9 Å². The molecule has 0 saturated carbocycles. The van der Waals surface area contributed by atoms with E-state index in [9.17, 15) is 9.59 Å². The maximum Gasteiger partial charge on any atom is 0.320 e. The fraction of sp³-hybridized carbons (Fsp3) is 0.310. The van der Waals surface area contributed by atoms with Crippen molar-refractivity contribution in [2.45, 2.75) is 31.7 Å². The van der Waals surface area contributed by atoms with Crippen LogP contribution in [0.25, 0.3) is 0 Å². The van der Waals surface area contributed by atoms with Gasteiger partial charge in [0.1, 0.15) is 11.8 Å². The summed E-state index contributed by atoms with van der Waals surface area (Å²) < 4.78 is 5.94. The first-order valence-electron chi connectivity index (χ1n) is 12.6. The number of amides is 3. The van der Waals surface area contributed by atoms with Gasteiger partial charge in [-0.3, -0.25) is 4.79 Å². The Labute approximate surface area is 212 Å². The minimum absolute atomic E-state index is 0.191. The number of hydrogen-bond acceptors (Lipinski definition) is 4. The molecular formula is C29H34N4O3. The summed E-state index contributed by atoms with van der Waals surface area (Å²) in [5.41, 5.74) is 1.49. The fourth-order valence-electron chi connectivity index (χ4n) is 4.29.